The summed E-state index contributed by atoms with van der Waals surface area (Å²) in [4.78, 5) is 16.7. The van der Waals surface area contributed by atoms with Gasteiger partial charge in [-0.25, -0.2) is 9.48 Å². The molecule has 7 heteroatoms. The Kier molecular flexibility index (Phi) is 5.61. The van der Waals surface area contributed by atoms with Gasteiger partial charge in [-0.2, -0.15) is 0 Å². The number of nitrogens with one attached hydrogen (secondary N) is 1. The third-order valence-electron chi connectivity index (χ3n) is 5.21. The molecule has 0 aromatic carbocycles. The van der Waals surface area contributed by atoms with Gasteiger partial charge in [0.2, 0.25) is 0 Å². The second kappa shape index (κ2) is 7.72. The molecule has 25 heavy (non-hydrogen) atoms. The van der Waals surface area contributed by atoms with Crippen molar-refractivity contribution in [1.82, 2.24) is 30.1 Å². The molecule has 0 bridgehead atoms. The summed E-state index contributed by atoms with van der Waals surface area (Å²) >= 11 is 0. The summed E-state index contributed by atoms with van der Waals surface area (Å²) in [7, 11) is 0. The molecule has 1 aliphatic carbocycles. The minimum Gasteiger partial charge on any atom is -0.335 e. The zero-order valence-electron chi connectivity index (χ0n) is 15.9. The van der Waals surface area contributed by atoms with Crippen molar-refractivity contribution in [3.8, 4) is 0 Å². The first kappa shape index (κ1) is 18.2. The first-order valence-electron chi connectivity index (χ1n) is 9.61. The number of hydrogen-bond acceptors (Lipinski definition) is 4. The Labute approximate surface area is 150 Å². The summed E-state index contributed by atoms with van der Waals surface area (Å²) in [5, 5.41) is 11.7. The first-order valence-corrected chi connectivity index (χ1v) is 9.61. The third kappa shape index (κ3) is 4.93. The van der Waals surface area contributed by atoms with Crippen molar-refractivity contribution in [2.45, 2.75) is 71.0 Å². The maximum Gasteiger partial charge on any atom is 0.317 e. The fraction of sp³-hybridized carbons (Fsp3) is 0.833. The molecule has 1 saturated carbocycles. The van der Waals surface area contributed by atoms with Crippen LogP contribution in [0.1, 0.15) is 58.6 Å². The highest BCUT2D eigenvalue weighted by atomic mass is 16.2. The Bertz CT molecular complexity index is 564. The maximum atomic E-state index is 12.4. The monoisotopic (exact) mass is 348 g/mol. The first-order chi connectivity index (χ1) is 11.9. The largest absolute Gasteiger partial charge is 0.335 e. The lowest BCUT2D eigenvalue weighted by Gasteiger charge is -2.35. The molecular weight excluding hydrogens is 316 g/mol. The average Bonchev–Trinajstić information content (AvgIpc) is 3.05. The number of hydrogen-bond donors (Lipinski definition) is 1. The number of rotatable bonds is 3. The molecule has 2 amide bonds. The van der Waals surface area contributed by atoms with Crippen molar-refractivity contribution in [1.29, 1.82) is 0 Å². The number of urea groups is 1. The van der Waals surface area contributed by atoms with Gasteiger partial charge >= 0.3 is 6.03 Å². The number of carbonyl (C=O) groups excluding carboxylic acids is 1. The highest BCUT2D eigenvalue weighted by Gasteiger charge is 2.24. The lowest BCUT2D eigenvalue weighted by molar-refractivity contribution is 0.131. The summed E-state index contributed by atoms with van der Waals surface area (Å²) < 4.78 is 1.91. The topological polar surface area (TPSA) is 66.3 Å². The molecule has 0 atom stereocenters. The van der Waals surface area contributed by atoms with Crippen LogP contribution in [0.3, 0.4) is 0 Å². The molecule has 1 aromatic heterocycles. The quantitative estimate of drug-likeness (QED) is 0.909. The van der Waals surface area contributed by atoms with Crippen LogP contribution in [-0.4, -0.2) is 63.0 Å². The van der Waals surface area contributed by atoms with Crippen molar-refractivity contribution in [3.05, 3.63) is 11.9 Å². The molecule has 1 aliphatic heterocycles. The van der Waals surface area contributed by atoms with E-state index in [1.165, 1.54) is 19.3 Å². The van der Waals surface area contributed by atoms with E-state index in [-0.39, 0.29) is 11.6 Å². The highest BCUT2D eigenvalue weighted by Crippen LogP contribution is 2.18. The molecule has 2 heterocycles. The Balaban J connectivity index is 1.43. The standard InChI is InChI=1S/C18H32N6O/c1-18(2,3)24-14-16(20-21-24)13-22-9-11-23(12-10-22)17(25)19-15-7-5-4-6-8-15/h14-15H,4-13H2,1-3H3,(H,19,25). The summed E-state index contributed by atoms with van der Waals surface area (Å²) in [5.41, 5.74) is 0.955. The third-order valence-corrected chi connectivity index (χ3v) is 5.21. The molecule has 140 valence electrons. The predicted octanol–water partition coefficient (Wildman–Crippen LogP) is 2.19. The van der Waals surface area contributed by atoms with Crippen molar-refractivity contribution in [2.24, 2.45) is 0 Å². The van der Waals surface area contributed by atoms with Crippen molar-refractivity contribution < 1.29 is 4.79 Å². The van der Waals surface area contributed by atoms with Crippen LogP contribution in [-0.2, 0) is 12.1 Å². The fourth-order valence-corrected chi connectivity index (χ4v) is 3.55. The number of amides is 2. The smallest absolute Gasteiger partial charge is 0.317 e. The van der Waals surface area contributed by atoms with E-state index in [2.05, 4.69) is 41.3 Å². The van der Waals surface area contributed by atoms with E-state index in [1.807, 2.05) is 15.8 Å². The van der Waals surface area contributed by atoms with Gasteiger partial charge in [-0.15, -0.1) is 5.10 Å². The van der Waals surface area contributed by atoms with Gasteiger partial charge in [-0.3, -0.25) is 4.90 Å². The van der Waals surface area contributed by atoms with Gasteiger partial charge in [0.25, 0.3) is 0 Å². The minimum absolute atomic E-state index is 0.0405. The van der Waals surface area contributed by atoms with E-state index in [1.54, 1.807) is 0 Å². The van der Waals surface area contributed by atoms with Crippen LogP contribution < -0.4 is 5.32 Å². The van der Waals surface area contributed by atoms with E-state index in [9.17, 15) is 4.79 Å². The summed E-state index contributed by atoms with van der Waals surface area (Å²) in [6.45, 7) is 10.5. The van der Waals surface area contributed by atoms with Crippen molar-refractivity contribution >= 4 is 6.03 Å². The molecule has 2 fully saturated rings. The normalized spacial score (nSPS) is 20.7. The second-order valence-electron chi connectivity index (χ2n) is 8.37. The molecule has 1 saturated heterocycles. The lowest BCUT2D eigenvalue weighted by Crippen LogP contribution is -2.53. The predicted molar refractivity (Wildman–Crippen MR) is 97.3 cm³/mol. The van der Waals surface area contributed by atoms with E-state index in [0.29, 0.717) is 6.04 Å². The van der Waals surface area contributed by atoms with Crippen LogP contribution in [0.15, 0.2) is 6.20 Å². The van der Waals surface area contributed by atoms with Gasteiger partial charge in [0, 0.05) is 38.8 Å². The lowest BCUT2D eigenvalue weighted by atomic mass is 9.96. The molecule has 1 N–H and O–H groups in total. The van der Waals surface area contributed by atoms with E-state index in [0.717, 1.165) is 51.3 Å². The number of aromatic nitrogens is 3. The van der Waals surface area contributed by atoms with Crippen LogP contribution in [0, 0.1) is 0 Å². The second-order valence-corrected chi connectivity index (χ2v) is 8.37. The van der Waals surface area contributed by atoms with Gasteiger partial charge in [0.05, 0.1) is 17.4 Å². The van der Waals surface area contributed by atoms with Gasteiger partial charge in [-0.1, -0.05) is 24.5 Å². The van der Waals surface area contributed by atoms with E-state index >= 15 is 0 Å². The van der Waals surface area contributed by atoms with Crippen LogP contribution in [0.2, 0.25) is 0 Å². The van der Waals surface area contributed by atoms with Gasteiger partial charge in [0.15, 0.2) is 0 Å². The molecule has 3 rings (SSSR count). The SMILES string of the molecule is CC(C)(C)n1cc(CN2CCN(C(=O)NC3CCCCC3)CC2)nn1. The molecule has 0 radical (unpaired) electrons. The van der Waals surface area contributed by atoms with Gasteiger partial charge in [-0.05, 0) is 33.6 Å². The summed E-state index contributed by atoms with van der Waals surface area (Å²) in [6.07, 6.45) is 8.10. The van der Waals surface area contributed by atoms with E-state index < -0.39 is 0 Å². The molecule has 2 aliphatic rings. The average molecular weight is 348 g/mol. The van der Waals surface area contributed by atoms with Gasteiger partial charge < -0.3 is 10.2 Å². The Morgan fingerprint density at radius 2 is 1.84 bits per heavy atom. The number of nitrogens with zero attached hydrogens (tertiary/aromatic N) is 5. The number of carbonyl (C=O) groups is 1. The van der Waals surface area contributed by atoms with Crippen LogP contribution >= 0.6 is 0 Å². The van der Waals surface area contributed by atoms with Gasteiger partial charge in [0.1, 0.15) is 0 Å². The Morgan fingerprint density at radius 1 is 1.16 bits per heavy atom. The zero-order chi connectivity index (χ0) is 17.9. The summed E-state index contributed by atoms with van der Waals surface area (Å²) in [5.74, 6) is 0. The van der Waals surface area contributed by atoms with Crippen LogP contribution in [0.4, 0.5) is 4.79 Å². The molecule has 1 aromatic rings. The molecular formula is C18H32N6O. The fourth-order valence-electron chi connectivity index (χ4n) is 3.55. The Morgan fingerprint density at radius 3 is 2.44 bits per heavy atom. The molecule has 7 nitrogen and oxygen atoms in total. The van der Waals surface area contributed by atoms with Crippen LogP contribution in [0.25, 0.3) is 0 Å². The maximum absolute atomic E-state index is 12.4. The zero-order valence-corrected chi connectivity index (χ0v) is 15.9. The molecule has 0 spiro atoms. The highest BCUT2D eigenvalue weighted by molar-refractivity contribution is 5.74. The minimum atomic E-state index is -0.0405. The van der Waals surface area contributed by atoms with Crippen molar-refractivity contribution in [2.75, 3.05) is 26.2 Å². The van der Waals surface area contributed by atoms with Crippen molar-refractivity contribution in [3.63, 3.8) is 0 Å². The molecule has 0 unspecified atom stereocenters. The number of piperazine rings is 1. The Hall–Kier alpha value is -1.63. The summed E-state index contributed by atoms with van der Waals surface area (Å²) in [6, 6.07) is 0.497. The van der Waals surface area contributed by atoms with E-state index in [4.69, 9.17) is 0 Å². The van der Waals surface area contributed by atoms with Crippen LogP contribution in [0.5, 0.6) is 0 Å².